The quantitative estimate of drug-likeness (QED) is 0.0983. The van der Waals surface area contributed by atoms with Gasteiger partial charge in [0.1, 0.15) is 11.4 Å². The number of benzene rings is 1. The SMILES string of the molecule is CSc1nccc(-c2nn(C3CCCCO3)c3ccc(OCCCOC[C@H](C)O[Si](C)(C)C(C)(C)C)cc23)n1. The molecule has 2 aromatic heterocycles. The number of aromatic nitrogens is 4. The summed E-state index contributed by atoms with van der Waals surface area (Å²) in [7, 11) is -1.78. The third-order valence-electron chi connectivity index (χ3n) is 7.52. The molecule has 39 heavy (non-hydrogen) atoms. The fourth-order valence-electron chi connectivity index (χ4n) is 4.42. The van der Waals surface area contributed by atoms with Crippen molar-refractivity contribution in [2.24, 2.45) is 0 Å². The molecule has 1 aliphatic rings. The smallest absolute Gasteiger partial charge is 0.192 e. The molecule has 0 radical (unpaired) electrons. The molecule has 0 aliphatic carbocycles. The maximum atomic E-state index is 6.38. The van der Waals surface area contributed by atoms with Crippen LogP contribution >= 0.6 is 11.8 Å². The van der Waals surface area contributed by atoms with Gasteiger partial charge in [0, 0.05) is 31.2 Å². The Balaban J connectivity index is 1.39. The van der Waals surface area contributed by atoms with Crippen LogP contribution in [0.1, 0.15) is 59.6 Å². The van der Waals surface area contributed by atoms with Crippen LogP contribution in [0.3, 0.4) is 0 Å². The van der Waals surface area contributed by atoms with E-state index < -0.39 is 8.32 Å². The lowest BCUT2D eigenvalue weighted by Crippen LogP contribution is -2.44. The second-order valence-corrected chi connectivity index (χ2v) is 17.2. The van der Waals surface area contributed by atoms with Gasteiger partial charge in [-0.25, -0.2) is 14.6 Å². The number of hydrogen-bond acceptors (Lipinski definition) is 8. The highest BCUT2D eigenvalue weighted by Gasteiger charge is 2.38. The highest BCUT2D eigenvalue weighted by Crippen LogP contribution is 2.37. The third kappa shape index (κ3) is 7.61. The molecule has 10 heteroatoms. The van der Waals surface area contributed by atoms with Gasteiger partial charge in [0.05, 0.1) is 30.5 Å². The van der Waals surface area contributed by atoms with Crippen molar-refractivity contribution in [3.8, 4) is 17.1 Å². The molecule has 8 nitrogen and oxygen atoms in total. The summed E-state index contributed by atoms with van der Waals surface area (Å²) in [4.78, 5) is 9.05. The molecule has 0 N–H and O–H groups in total. The highest BCUT2D eigenvalue weighted by molar-refractivity contribution is 7.98. The fourth-order valence-corrected chi connectivity index (χ4v) is 6.20. The zero-order valence-corrected chi connectivity index (χ0v) is 26.3. The highest BCUT2D eigenvalue weighted by atomic mass is 32.2. The molecular formula is C29H44N4O4SSi. The van der Waals surface area contributed by atoms with Gasteiger partial charge in [-0.15, -0.1) is 0 Å². The molecule has 1 unspecified atom stereocenters. The monoisotopic (exact) mass is 572 g/mol. The second kappa shape index (κ2) is 13.1. The van der Waals surface area contributed by atoms with Crippen molar-refractivity contribution >= 4 is 31.0 Å². The first-order valence-electron chi connectivity index (χ1n) is 14.0. The number of nitrogens with zero attached hydrogens (tertiary/aromatic N) is 4. The third-order valence-corrected chi connectivity index (χ3v) is 12.7. The maximum absolute atomic E-state index is 6.38. The summed E-state index contributed by atoms with van der Waals surface area (Å²) in [6, 6.07) is 8.06. The summed E-state index contributed by atoms with van der Waals surface area (Å²) in [6.07, 6.45) is 7.77. The van der Waals surface area contributed by atoms with Crippen molar-refractivity contribution in [3.63, 3.8) is 0 Å². The molecule has 3 aromatic rings. The van der Waals surface area contributed by atoms with E-state index in [1.54, 1.807) is 6.20 Å². The number of fused-ring (bicyclic) bond motifs is 1. The molecule has 2 atom stereocenters. The Hall–Kier alpha value is -1.98. The summed E-state index contributed by atoms with van der Waals surface area (Å²) >= 11 is 1.52. The minimum absolute atomic E-state index is 0.0659. The molecule has 1 aromatic carbocycles. The van der Waals surface area contributed by atoms with Gasteiger partial charge >= 0.3 is 0 Å². The molecule has 0 saturated carbocycles. The van der Waals surface area contributed by atoms with Crippen LogP contribution < -0.4 is 4.74 Å². The van der Waals surface area contributed by atoms with E-state index in [1.807, 2.05) is 23.1 Å². The van der Waals surface area contributed by atoms with Crippen LogP contribution in [0.2, 0.25) is 18.1 Å². The Bertz CT molecular complexity index is 1220. The zero-order valence-electron chi connectivity index (χ0n) is 24.5. The second-order valence-electron chi connectivity index (χ2n) is 11.7. The lowest BCUT2D eigenvalue weighted by molar-refractivity contribution is -0.0365. The molecule has 3 heterocycles. The topological polar surface area (TPSA) is 80.5 Å². The van der Waals surface area contributed by atoms with E-state index in [2.05, 4.69) is 57.9 Å². The summed E-state index contributed by atoms with van der Waals surface area (Å²) in [6.45, 7) is 16.0. The number of rotatable bonds is 12. The molecular weight excluding hydrogens is 528 g/mol. The van der Waals surface area contributed by atoms with E-state index >= 15 is 0 Å². The largest absolute Gasteiger partial charge is 0.493 e. The lowest BCUT2D eigenvalue weighted by atomic mass is 10.1. The van der Waals surface area contributed by atoms with E-state index in [0.717, 1.165) is 65.5 Å². The Morgan fingerprint density at radius 3 is 2.72 bits per heavy atom. The summed E-state index contributed by atoms with van der Waals surface area (Å²) in [5.41, 5.74) is 2.64. The minimum Gasteiger partial charge on any atom is -0.493 e. The lowest BCUT2D eigenvalue weighted by Gasteiger charge is -2.38. The molecule has 1 fully saturated rings. The van der Waals surface area contributed by atoms with Gasteiger partial charge in [-0.2, -0.15) is 5.10 Å². The van der Waals surface area contributed by atoms with Crippen LogP contribution in [-0.4, -0.2) is 66.9 Å². The molecule has 4 rings (SSSR count). The van der Waals surface area contributed by atoms with Crippen LogP contribution in [0.15, 0.2) is 35.6 Å². The average Bonchev–Trinajstić information content (AvgIpc) is 3.29. The van der Waals surface area contributed by atoms with Crippen molar-refractivity contribution in [2.45, 2.75) is 89.0 Å². The van der Waals surface area contributed by atoms with Crippen LogP contribution in [0.5, 0.6) is 5.75 Å². The van der Waals surface area contributed by atoms with Gasteiger partial charge < -0.3 is 18.6 Å². The first kappa shape index (κ1) is 30.0. The molecule has 0 bridgehead atoms. The Labute approximate surface area is 238 Å². The van der Waals surface area contributed by atoms with Gasteiger partial charge in [0.2, 0.25) is 0 Å². The summed E-state index contributed by atoms with van der Waals surface area (Å²) in [5.74, 6) is 0.807. The van der Waals surface area contributed by atoms with E-state index in [4.69, 9.17) is 28.7 Å². The van der Waals surface area contributed by atoms with Gasteiger partial charge in [0.25, 0.3) is 0 Å². The Morgan fingerprint density at radius 2 is 2.00 bits per heavy atom. The van der Waals surface area contributed by atoms with Gasteiger partial charge in [-0.3, -0.25) is 0 Å². The Kier molecular flexibility index (Phi) is 10.1. The summed E-state index contributed by atoms with van der Waals surface area (Å²) < 4.78 is 26.5. The number of thioether (sulfide) groups is 1. The first-order valence-corrected chi connectivity index (χ1v) is 18.1. The van der Waals surface area contributed by atoms with Crippen LogP contribution in [0, 0.1) is 0 Å². The number of ether oxygens (including phenoxy) is 3. The fraction of sp³-hybridized carbons (Fsp3) is 0.621. The molecule has 0 spiro atoms. The summed E-state index contributed by atoms with van der Waals surface area (Å²) in [5, 5.41) is 6.90. The van der Waals surface area contributed by atoms with Crippen LogP contribution in [-0.2, 0) is 13.9 Å². The van der Waals surface area contributed by atoms with Crippen molar-refractivity contribution in [1.29, 1.82) is 0 Å². The van der Waals surface area contributed by atoms with E-state index in [9.17, 15) is 0 Å². The van der Waals surface area contributed by atoms with Crippen molar-refractivity contribution in [1.82, 2.24) is 19.7 Å². The first-order chi connectivity index (χ1) is 18.6. The standard InChI is InChI=1S/C29H44N4O4SSi/c1-21(37-39(6,7)29(2,3)4)20-34-16-10-18-35-22-12-13-25-23(19-22)27(24-14-15-30-28(31-24)38-5)32-33(25)26-11-8-9-17-36-26/h12-15,19,21,26H,8-11,16-18,20H2,1-7H3/t21-,26?/m0/s1. The van der Waals surface area contributed by atoms with Crippen LogP contribution in [0.4, 0.5) is 0 Å². The van der Waals surface area contributed by atoms with Crippen molar-refractivity contribution in [3.05, 3.63) is 30.5 Å². The van der Waals surface area contributed by atoms with E-state index in [-0.39, 0.29) is 17.4 Å². The van der Waals surface area contributed by atoms with E-state index in [1.165, 1.54) is 11.8 Å². The molecule has 1 saturated heterocycles. The molecule has 1 aliphatic heterocycles. The van der Waals surface area contributed by atoms with E-state index in [0.29, 0.717) is 19.8 Å². The normalized spacial score (nSPS) is 17.5. The Morgan fingerprint density at radius 1 is 1.18 bits per heavy atom. The molecule has 0 amide bonds. The average molecular weight is 573 g/mol. The molecule has 214 valence electrons. The van der Waals surface area contributed by atoms with Gasteiger partial charge in [-0.1, -0.05) is 32.5 Å². The number of hydrogen-bond donors (Lipinski definition) is 0. The zero-order chi connectivity index (χ0) is 28.0. The minimum atomic E-state index is -1.78. The van der Waals surface area contributed by atoms with Crippen molar-refractivity contribution in [2.75, 3.05) is 32.7 Å². The van der Waals surface area contributed by atoms with Gasteiger partial charge in [0.15, 0.2) is 19.7 Å². The maximum Gasteiger partial charge on any atom is 0.192 e. The van der Waals surface area contributed by atoms with Crippen LogP contribution in [0.25, 0.3) is 22.3 Å². The predicted molar refractivity (Wildman–Crippen MR) is 160 cm³/mol. The predicted octanol–water partition coefficient (Wildman–Crippen LogP) is 7.11. The van der Waals surface area contributed by atoms with Crippen molar-refractivity contribution < 1.29 is 18.6 Å². The van der Waals surface area contributed by atoms with Gasteiger partial charge in [-0.05, 0) is 74.8 Å².